The molecule has 0 nitrogen and oxygen atoms in total. The van der Waals surface area contributed by atoms with Crippen molar-refractivity contribution < 1.29 is 32.7 Å². The topological polar surface area (TPSA) is 0 Å². The normalized spacial score (nSPS) is 29.6. The van der Waals surface area contributed by atoms with Gasteiger partial charge in [-0.1, -0.05) is 0 Å². The van der Waals surface area contributed by atoms with E-state index in [1.54, 1.807) is 50.2 Å². The molecule has 0 spiro atoms. The molecule has 0 saturated carbocycles. The molecule has 0 fully saturated rings. The number of rotatable bonds is 3. The molecule has 28 heavy (non-hydrogen) atoms. The van der Waals surface area contributed by atoms with Gasteiger partial charge in [-0.15, -0.1) is 0 Å². The van der Waals surface area contributed by atoms with Crippen molar-refractivity contribution in [2.45, 2.75) is 83.1 Å². The molecule has 3 rings (SSSR count). The summed E-state index contributed by atoms with van der Waals surface area (Å²) < 4.78 is 5.51. The molecule has 1 heteroatoms. The van der Waals surface area contributed by atoms with E-state index in [1.165, 1.54) is 0 Å². The van der Waals surface area contributed by atoms with Gasteiger partial charge in [-0.05, 0) is 0 Å². The van der Waals surface area contributed by atoms with Crippen LogP contribution in [0.2, 0.25) is 0 Å². The van der Waals surface area contributed by atoms with Crippen LogP contribution in [0.15, 0.2) is 54.8 Å². The van der Waals surface area contributed by atoms with Gasteiger partial charge in [-0.25, -0.2) is 0 Å². The summed E-state index contributed by atoms with van der Waals surface area (Å²) in [4.78, 5) is 0. The fourth-order valence-electron chi connectivity index (χ4n) is 4.99. The van der Waals surface area contributed by atoms with Gasteiger partial charge in [0.05, 0.1) is 0 Å². The summed E-state index contributed by atoms with van der Waals surface area (Å²) >= 11 is -1.83. The summed E-state index contributed by atoms with van der Waals surface area (Å²) in [6.07, 6.45) is 0. The van der Waals surface area contributed by atoms with Crippen molar-refractivity contribution in [2.75, 3.05) is 0 Å². The van der Waals surface area contributed by atoms with E-state index in [0.29, 0.717) is 17.8 Å². The van der Waals surface area contributed by atoms with Crippen LogP contribution in [-0.4, -0.2) is 0 Å². The van der Waals surface area contributed by atoms with Crippen molar-refractivity contribution in [3.05, 3.63) is 54.8 Å². The van der Waals surface area contributed by atoms with Gasteiger partial charge in [-0.3, -0.25) is 0 Å². The zero-order chi connectivity index (χ0) is 21.2. The third-order valence-electron chi connectivity index (χ3n) is 8.06. The molecule has 0 amide bonds. The Morgan fingerprint density at radius 3 is 0.750 bits per heavy atom. The minimum atomic E-state index is -1.83. The van der Waals surface area contributed by atoms with Gasteiger partial charge in [0.25, 0.3) is 0 Å². The number of hydrogen-bond donors (Lipinski definition) is 0. The molecule has 3 aliphatic carbocycles. The summed E-state index contributed by atoms with van der Waals surface area (Å²) in [7, 11) is 0. The first-order valence-corrected chi connectivity index (χ1v) is 13.9. The van der Waals surface area contributed by atoms with Crippen molar-refractivity contribution in [2.24, 2.45) is 17.8 Å². The Balaban J connectivity index is 2.29. The van der Waals surface area contributed by atoms with Crippen LogP contribution in [0.4, 0.5) is 0 Å². The molecule has 0 N–H and O–H groups in total. The molecule has 0 bridgehead atoms. The Bertz CT molecular complexity index is 815. The monoisotopic (exact) mass is 522 g/mol. The second-order valence-corrected chi connectivity index (χ2v) is 14.2. The van der Waals surface area contributed by atoms with Crippen molar-refractivity contribution >= 4 is 0 Å². The molecule has 0 saturated heterocycles. The minimum absolute atomic E-state index is 0.609. The maximum atomic E-state index is 2.48. The first kappa shape index (κ1) is 22.4. The first-order valence-electron chi connectivity index (χ1n) is 10.7. The standard InChI is InChI=1S/3C9H13.Tb/c3*1-6-5-7(2)9(4)8(6)3;/h3*6H,1-4H3;. The SMILES string of the molecule is CC1=C(C)C(C)[C]([Tb]([C]2=C(C)C(C)=C(C)C2C)[C]2=C(C)C(C)=C(C)C2C)=C1C. The Morgan fingerprint density at radius 2 is 0.607 bits per heavy atom. The predicted octanol–water partition coefficient (Wildman–Crippen LogP) is 8.39. The van der Waals surface area contributed by atoms with E-state index in [0.717, 1.165) is 0 Å². The van der Waals surface area contributed by atoms with E-state index >= 15 is 0 Å². The van der Waals surface area contributed by atoms with Gasteiger partial charge in [0.15, 0.2) is 0 Å². The molecule has 0 aromatic rings. The predicted molar refractivity (Wildman–Crippen MR) is 121 cm³/mol. The van der Waals surface area contributed by atoms with Crippen LogP contribution in [-0.2, 0) is 0 Å². The first-order chi connectivity index (χ1) is 12.9. The van der Waals surface area contributed by atoms with Gasteiger partial charge in [0.2, 0.25) is 0 Å². The fraction of sp³-hybridized carbons (Fsp3) is 0.556. The Labute approximate surface area is 186 Å². The number of hydrogen-bond acceptors (Lipinski definition) is 0. The van der Waals surface area contributed by atoms with Gasteiger partial charge in [0, 0.05) is 0 Å². The van der Waals surface area contributed by atoms with Gasteiger partial charge in [-0.2, -0.15) is 0 Å². The molecule has 0 aromatic carbocycles. The van der Waals surface area contributed by atoms with Gasteiger partial charge < -0.3 is 0 Å². The van der Waals surface area contributed by atoms with Crippen LogP contribution < -0.4 is 0 Å². The van der Waals surface area contributed by atoms with Crippen molar-refractivity contribution in [3.63, 3.8) is 0 Å². The third-order valence-corrected chi connectivity index (χ3v) is 16.7. The van der Waals surface area contributed by atoms with E-state index in [2.05, 4.69) is 83.1 Å². The third kappa shape index (κ3) is 3.06. The Hall–Kier alpha value is -0.274. The zero-order valence-electron chi connectivity index (χ0n) is 20.1. The van der Waals surface area contributed by atoms with Crippen LogP contribution in [0, 0.1) is 50.4 Å². The second-order valence-electron chi connectivity index (χ2n) is 9.19. The molecule has 3 atom stereocenters. The van der Waals surface area contributed by atoms with Crippen molar-refractivity contribution in [3.8, 4) is 0 Å². The molecule has 0 aliphatic heterocycles. The number of allylic oxidation sites excluding steroid dienone is 12. The van der Waals surface area contributed by atoms with Crippen molar-refractivity contribution in [1.29, 1.82) is 0 Å². The Morgan fingerprint density at radius 1 is 0.393 bits per heavy atom. The zero-order valence-corrected chi connectivity index (χ0v) is 22.2. The molecule has 0 radical (unpaired) electrons. The average molecular weight is 523 g/mol. The van der Waals surface area contributed by atoms with Crippen LogP contribution in [0.25, 0.3) is 0 Å². The summed E-state index contributed by atoms with van der Waals surface area (Å²) in [5, 5.41) is 0. The molecule has 3 unspecified atom stereocenters. The summed E-state index contributed by atoms with van der Waals surface area (Å²) in [5.41, 5.74) is 14.3. The molecule has 0 aromatic heterocycles. The summed E-state index contributed by atoms with van der Waals surface area (Å²) in [6.45, 7) is 28.8. The van der Waals surface area contributed by atoms with Gasteiger partial charge >= 0.3 is 188 Å². The fourth-order valence-corrected chi connectivity index (χ4v) is 14.6. The van der Waals surface area contributed by atoms with Crippen molar-refractivity contribution in [1.82, 2.24) is 0 Å². The van der Waals surface area contributed by atoms with E-state index < -0.39 is 32.7 Å². The van der Waals surface area contributed by atoms with Crippen LogP contribution in [0.5, 0.6) is 0 Å². The molecular formula is C27H39Tb. The van der Waals surface area contributed by atoms with Crippen LogP contribution in [0.1, 0.15) is 83.1 Å². The van der Waals surface area contributed by atoms with E-state index in [9.17, 15) is 0 Å². The van der Waals surface area contributed by atoms with Crippen LogP contribution in [0.3, 0.4) is 0 Å². The summed E-state index contributed by atoms with van der Waals surface area (Å²) in [5.74, 6) is 1.83. The second kappa shape index (κ2) is 7.77. The van der Waals surface area contributed by atoms with Crippen LogP contribution >= 0.6 is 0 Å². The molecular weight excluding hydrogens is 483 g/mol. The quantitative estimate of drug-likeness (QED) is 0.349. The Kier molecular flexibility index (Phi) is 6.22. The molecule has 0 heterocycles. The molecule has 3 aliphatic rings. The maximum absolute atomic E-state index is 2.48. The van der Waals surface area contributed by atoms with E-state index in [4.69, 9.17) is 0 Å². The average Bonchev–Trinajstić information content (AvgIpc) is 3.06. The summed E-state index contributed by atoms with van der Waals surface area (Å²) in [6, 6.07) is 0. The van der Waals surface area contributed by atoms with Gasteiger partial charge in [0.1, 0.15) is 0 Å². The molecule has 156 valence electrons. The van der Waals surface area contributed by atoms with E-state index in [1.807, 2.05) is 4.63 Å². The van der Waals surface area contributed by atoms with E-state index in [-0.39, 0.29) is 0 Å².